The molecule has 2 saturated heterocycles. The number of rotatable bonds is 2. The summed E-state index contributed by atoms with van der Waals surface area (Å²) >= 11 is 0. The van der Waals surface area contributed by atoms with Crippen LogP contribution in [0, 0.1) is 11.8 Å². The molecule has 5 heteroatoms. The number of piperidine rings is 1. The van der Waals surface area contributed by atoms with Crippen molar-refractivity contribution in [2.24, 2.45) is 17.6 Å². The number of nitrogens with zero attached hydrogens (tertiary/aromatic N) is 1. The smallest absolute Gasteiger partial charge is 0.228 e. The van der Waals surface area contributed by atoms with Gasteiger partial charge in [0.25, 0.3) is 0 Å². The number of amides is 2. The van der Waals surface area contributed by atoms with E-state index >= 15 is 0 Å². The third-order valence-electron chi connectivity index (χ3n) is 3.92. The van der Waals surface area contributed by atoms with Gasteiger partial charge in [-0.05, 0) is 32.2 Å². The maximum Gasteiger partial charge on any atom is 0.228 e. The van der Waals surface area contributed by atoms with E-state index in [-0.39, 0.29) is 23.8 Å². The van der Waals surface area contributed by atoms with Crippen LogP contribution in [0.1, 0.15) is 26.2 Å². The van der Waals surface area contributed by atoms with Gasteiger partial charge in [-0.2, -0.15) is 0 Å². The van der Waals surface area contributed by atoms with E-state index in [1.165, 1.54) is 0 Å². The van der Waals surface area contributed by atoms with Crippen LogP contribution in [0.2, 0.25) is 0 Å². The second kappa shape index (κ2) is 5.04. The molecule has 0 radical (unpaired) electrons. The molecule has 2 heterocycles. The van der Waals surface area contributed by atoms with Gasteiger partial charge in [-0.15, -0.1) is 0 Å². The van der Waals surface area contributed by atoms with Gasteiger partial charge in [0.2, 0.25) is 11.8 Å². The van der Waals surface area contributed by atoms with Crippen LogP contribution >= 0.6 is 0 Å². The first-order valence-electron chi connectivity index (χ1n) is 6.39. The number of hydrogen-bond acceptors (Lipinski definition) is 3. The Morgan fingerprint density at radius 1 is 1.53 bits per heavy atom. The molecular formula is C12H21N3O2. The molecular weight excluding hydrogens is 218 g/mol. The summed E-state index contributed by atoms with van der Waals surface area (Å²) in [5.74, 6) is 0.360. The maximum absolute atomic E-state index is 12.3. The Morgan fingerprint density at radius 3 is 2.88 bits per heavy atom. The predicted molar refractivity (Wildman–Crippen MR) is 64.1 cm³/mol. The van der Waals surface area contributed by atoms with Crippen molar-refractivity contribution in [2.45, 2.75) is 32.2 Å². The minimum Gasteiger partial charge on any atom is -0.355 e. The molecule has 0 aliphatic carbocycles. The molecule has 0 saturated carbocycles. The zero-order valence-electron chi connectivity index (χ0n) is 10.3. The zero-order chi connectivity index (χ0) is 12.4. The van der Waals surface area contributed by atoms with Crippen molar-refractivity contribution in [3.05, 3.63) is 0 Å². The van der Waals surface area contributed by atoms with Gasteiger partial charge in [0.15, 0.2) is 0 Å². The molecule has 0 aromatic carbocycles. The number of nitrogens with one attached hydrogen (secondary N) is 1. The molecule has 0 aromatic rings. The highest BCUT2D eigenvalue weighted by atomic mass is 16.2. The fourth-order valence-electron chi connectivity index (χ4n) is 2.70. The van der Waals surface area contributed by atoms with E-state index in [9.17, 15) is 9.59 Å². The van der Waals surface area contributed by atoms with Crippen molar-refractivity contribution in [3.8, 4) is 0 Å². The standard InChI is InChI=1S/C12H21N3O2/c1-8-2-3-9(5-13)7-15(8)12(17)10-4-11(16)14-6-10/h8-10H,2-7,13H2,1H3,(H,14,16). The van der Waals surface area contributed by atoms with Crippen molar-refractivity contribution in [1.82, 2.24) is 10.2 Å². The van der Waals surface area contributed by atoms with Gasteiger partial charge in [0.1, 0.15) is 0 Å². The summed E-state index contributed by atoms with van der Waals surface area (Å²) in [5, 5.41) is 2.72. The van der Waals surface area contributed by atoms with E-state index in [2.05, 4.69) is 12.2 Å². The van der Waals surface area contributed by atoms with Gasteiger partial charge in [-0.1, -0.05) is 0 Å². The number of likely N-dealkylation sites (tertiary alicyclic amines) is 1. The van der Waals surface area contributed by atoms with Gasteiger partial charge in [0.05, 0.1) is 5.92 Å². The molecule has 0 bridgehead atoms. The molecule has 2 aliphatic rings. The molecule has 2 aliphatic heterocycles. The van der Waals surface area contributed by atoms with Gasteiger partial charge in [-0.25, -0.2) is 0 Å². The first kappa shape index (κ1) is 12.4. The summed E-state index contributed by atoms with van der Waals surface area (Å²) in [6, 6.07) is 0.279. The first-order valence-corrected chi connectivity index (χ1v) is 6.39. The minimum absolute atomic E-state index is 0.0108. The summed E-state index contributed by atoms with van der Waals surface area (Å²) in [6.45, 7) is 3.96. The quantitative estimate of drug-likeness (QED) is 0.695. The lowest BCUT2D eigenvalue weighted by atomic mass is 9.92. The molecule has 17 heavy (non-hydrogen) atoms. The molecule has 0 spiro atoms. The van der Waals surface area contributed by atoms with E-state index in [1.807, 2.05) is 4.90 Å². The van der Waals surface area contributed by atoms with Crippen LogP contribution in [0.15, 0.2) is 0 Å². The van der Waals surface area contributed by atoms with Gasteiger partial charge in [-0.3, -0.25) is 9.59 Å². The highest BCUT2D eigenvalue weighted by molar-refractivity contribution is 5.89. The lowest BCUT2D eigenvalue weighted by Gasteiger charge is -2.38. The van der Waals surface area contributed by atoms with Gasteiger partial charge < -0.3 is 16.0 Å². The van der Waals surface area contributed by atoms with Crippen molar-refractivity contribution in [1.29, 1.82) is 0 Å². The number of carbonyl (C=O) groups excluding carboxylic acids is 2. The van der Waals surface area contributed by atoms with E-state index in [4.69, 9.17) is 5.73 Å². The third kappa shape index (κ3) is 2.60. The van der Waals surface area contributed by atoms with Crippen molar-refractivity contribution >= 4 is 11.8 Å². The Balaban J connectivity index is 1.99. The van der Waals surface area contributed by atoms with Crippen LogP contribution in [0.3, 0.4) is 0 Å². The van der Waals surface area contributed by atoms with E-state index in [1.54, 1.807) is 0 Å². The average molecular weight is 239 g/mol. The van der Waals surface area contributed by atoms with E-state index in [0.717, 1.165) is 19.4 Å². The van der Waals surface area contributed by atoms with Crippen LogP contribution in [-0.2, 0) is 9.59 Å². The molecule has 5 nitrogen and oxygen atoms in total. The Labute approximate surface area is 102 Å². The van der Waals surface area contributed by atoms with Crippen LogP contribution < -0.4 is 11.1 Å². The van der Waals surface area contributed by atoms with E-state index < -0.39 is 0 Å². The normalized spacial score (nSPS) is 33.6. The number of nitrogens with two attached hydrogens (primary N) is 1. The lowest BCUT2D eigenvalue weighted by molar-refractivity contribution is -0.140. The zero-order valence-corrected chi connectivity index (χ0v) is 10.3. The SMILES string of the molecule is CC1CCC(CN)CN1C(=O)C1CNC(=O)C1. The molecule has 3 N–H and O–H groups in total. The van der Waals surface area contributed by atoms with Gasteiger partial charge >= 0.3 is 0 Å². The summed E-state index contributed by atoms with van der Waals surface area (Å²) < 4.78 is 0. The summed E-state index contributed by atoms with van der Waals surface area (Å²) in [7, 11) is 0. The molecule has 3 atom stereocenters. The average Bonchev–Trinajstić information content (AvgIpc) is 2.76. The van der Waals surface area contributed by atoms with Crippen LogP contribution in [-0.4, -0.2) is 42.4 Å². The van der Waals surface area contributed by atoms with Crippen molar-refractivity contribution < 1.29 is 9.59 Å². The largest absolute Gasteiger partial charge is 0.355 e. The summed E-state index contributed by atoms with van der Waals surface area (Å²) in [5.41, 5.74) is 5.68. The van der Waals surface area contributed by atoms with Crippen LogP contribution in [0.25, 0.3) is 0 Å². The predicted octanol–water partition coefficient (Wildman–Crippen LogP) is -0.292. The third-order valence-corrected chi connectivity index (χ3v) is 3.92. The molecule has 3 unspecified atom stereocenters. The highest BCUT2D eigenvalue weighted by Gasteiger charge is 2.35. The first-order chi connectivity index (χ1) is 8.11. The monoisotopic (exact) mass is 239 g/mol. The molecule has 2 fully saturated rings. The Bertz CT molecular complexity index is 319. The molecule has 2 rings (SSSR count). The topological polar surface area (TPSA) is 75.4 Å². The molecule has 0 aromatic heterocycles. The number of hydrogen-bond donors (Lipinski definition) is 2. The molecule has 96 valence electrons. The number of carbonyl (C=O) groups is 2. The van der Waals surface area contributed by atoms with E-state index in [0.29, 0.717) is 25.4 Å². The Morgan fingerprint density at radius 2 is 2.29 bits per heavy atom. The van der Waals surface area contributed by atoms with Crippen LogP contribution in [0.4, 0.5) is 0 Å². The second-order valence-electron chi connectivity index (χ2n) is 5.22. The maximum atomic E-state index is 12.3. The Kier molecular flexibility index (Phi) is 3.66. The summed E-state index contributed by atoms with van der Waals surface area (Å²) in [6.07, 6.45) is 2.46. The van der Waals surface area contributed by atoms with Crippen molar-refractivity contribution in [2.75, 3.05) is 19.6 Å². The highest BCUT2D eigenvalue weighted by Crippen LogP contribution is 2.24. The van der Waals surface area contributed by atoms with Gasteiger partial charge in [0, 0.05) is 25.6 Å². The minimum atomic E-state index is -0.165. The molecule has 2 amide bonds. The Hall–Kier alpha value is -1.10. The summed E-state index contributed by atoms with van der Waals surface area (Å²) in [4.78, 5) is 25.4. The van der Waals surface area contributed by atoms with Crippen molar-refractivity contribution in [3.63, 3.8) is 0 Å². The fourth-order valence-corrected chi connectivity index (χ4v) is 2.70. The fraction of sp³-hybridized carbons (Fsp3) is 0.833. The lowest BCUT2D eigenvalue weighted by Crippen LogP contribution is -2.49. The van der Waals surface area contributed by atoms with Crippen LogP contribution in [0.5, 0.6) is 0 Å². The second-order valence-corrected chi connectivity index (χ2v) is 5.22.